The maximum absolute atomic E-state index is 13.3. The Balaban J connectivity index is 1.62. The number of hydrogen-bond acceptors (Lipinski definition) is 7. The van der Waals surface area contributed by atoms with E-state index in [0.717, 1.165) is 24.1 Å². The number of hydrogen-bond donors (Lipinski definition) is 0. The summed E-state index contributed by atoms with van der Waals surface area (Å²) in [5, 5.41) is 8.31. The summed E-state index contributed by atoms with van der Waals surface area (Å²) in [5.41, 5.74) is 2.82. The third kappa shape index (κ3) is 4.77. The van der Waals surface area contributed by atoms with Crippen LogP contribution < -0.4 is 10.3 Å². The van der Waals surface area contributed by atoms with Crippen molar-refractivity contribution in [2.45, 2.75) is 39.3 Å². The molecule has 0 aromatic carbocycles. The van der Waals surface area contributed by atoms with Gasteiger partial charge in [0.05, 0.1) is 12.8 Å². The molecule has 0 bridgehead atoms. The van der Waals surface area contributed by atoms with Crippen LogP contribution in [0.25, 0.3) is 0 Å². The minimum Gasteiger partial charge on any atom is -0.488 e. The molecule has 10 heteroatoms. The van der Waals surface area contributed by atoms with E-state index in [1.165, 1.54) is 13.2 Å². The number of thiophene rings is 1. The molecule has 4 heterocycles. The quantitative estimate of drug-likeness (QED) is 0.479. The highest BCUT2D eigenvalue weighted by atomic mass is 32.1. The number of carbonyl (C=O) groups excluding carboxylic acids is 2. The molecule has 0 N–H and O–H groups in total. The molecule has 1 aliphatic rings. The first-order valence-electron chi connectivity index (χ1n) is 11.2. The van der Waals surface area contributed by atoms with E-state index in [1.54, 1.807) is 32.5 Å². The molecule has 0 aliphatic carbocycles. The van der Waals surface area contributed by atoms with Crippen LogP contribution in [0.4, 0.5) is 0 Å². The van der Waals surface area contributed by atoms with E-state index in [-0.39, 0.29) is 35.9 Å². The molecule has 0 saturated heterocycles. The monoisotopic (exact) mass is 484 g/mol. The second kappa shape index (κ2) is 10.3. The number of carbonyl (C=O) groups is 2. The second-order valence-corrected chi connectivity index (χ2v) is 8.95. The molecule has 0 spiro atoms. The van der Waals surface area contributed by atoms with Crippen LogP contribution in [-0.4, -0.2) is 51.3 Å². The number of pyridine rings is 1. The van der Waals surface area contributed by atoms with Gasteiger partial charge in [-0.15, -0.1) is 0 Å². The van der Waals surface area contributed by atoms with E-state index in [9.17, 15) is 14.4 Å². The molecule has 0 atom stereocenters. The molecule has 3 aromatic heterocycles. The van der Waals surface area contributed by atoms with Gasteiger partial charge in [-0.3, -0.25) is 14.3 Å². The van der Waals surface area contributed by atoms with Crippen molar-refractivity contribution in [3.8, 4) is 5.75 Å². The van der Waals surface area contributed by atoms with Gasteiger partial charge in [-0.2, -0.15) is 16.4 Å². The number of ether oxygens (including phenoxy) is 2. The van der Waals surface area contributed by atoms with Crippen molar-refractivity contribution in [3.63, 3.8) is 0 Å². The Kier molecular flexibility index (Phi) is 7.16. The third-order valence-corrected chi connectivity index (χ3v) is 6.63. The summed E-state index contributed by atoms with van der Waals surface area (Å²) in [6.45, 7) is 3.27. The SMILES string of the molecule is CCCc1cc(C(=O)N2CCc3c(C(=O)OC)c(OCc4ccsc4)cc(=O)n3CC2)n(C)n1. The van der Waals surface area contributed by atoms with E-state index in [0.29, 0.717) is 30.9 Å². The van der Waals surface area contributed by atoms with Gasteiger partial charge < -0.3 is 18.9 Å². The lowest BCUT2D eigenvalue weighted by Gasteiger charge is -2.19. The van der Waals surface area contributed by atoms with Gasteiger partial charge in [-0.05, 0) is 34.9 Å². The van der Waals surface area contributed by atoms with Crippen LogP contribution in [0.1, 0.15) is 51.1 Å². The topological polar surface area (TPSA) is 95.7 Å². The van der Waals surface area contributed by atoms with Crippen molar-refractivity contribution in [1.29, 1.82) is 0 Å². The molecule has 0 radical (unpaired) electrons. The fraction of sp³-hybridized carbons (Fsp3) is 0.417. The first-order valence-corrected chi connectivity index (χ1v) is 12.2. The Bertz CT molecular complexity index is 1250. The van der Waals surface area contributed by atoms with Crippen molar-refractivity contribution >= 4 is 23.2 Å². The van der Waals surface area contributed by atoms with Crippen molar-refractivity contribution < 1.29 is 19.1 Å². The lowest BCUT2D eigenvalue weighted by atomic mass is 10.1. The van der Waals surface area contributed by atoms with Crippen LogP contribution in [0.5, 0.6) is 5.75 Å². The molecule has 3 aromatic rings. The smallest absolute Gasteiger partial charge is 0.343 e. The Hall–Kier alpha value is -3.40. The average Bonchev–Trinajstić information content (AvgIpc) is 3.41. The summed E-state index contributed by atoms with van der Waals surface area (Å²) in [6, 6.07) is 5.08. The van der Waals surface area contributed by atoms with E-state index in [2.05, 4.69) is 12.0 Å². The number of nitrogens with zero attached hydrogens (tertiary/aromatic N) is 4. The van der Waals surface area contributed by atoms with Gasteiger partial charge in [0.1, 0.15) is 23.6 Å². The van der Waals surface area contributed by atoms with Gasteiger partial charge in [0.2, 0.25) is 0 Å². The zero-order valence-corrected chi connectivity index (χ0v) is 20.4. The van der Waals surface area contributed by atoms with Crippen LogP contribution in [-0.2, 0) is 37.8 Å². The number of esters is 1. The Morgan fingerprint density at radius 1 is 1.21 bits per heavy atom. The maximum Gasteiger partial charge on any atom is 0.343 e. The number of aryl methyl sites for hydroxylation is 2. The third-order valence-electron chi connectivity index (χ3n) is 5.90. The van der Waals surface area contributed by atoms with Gasteiger partial charge in [0.25, 0.3) is 11.5 Å². The van der Waals surface area contributed by atoms with E-state index < -0.39 is 5.97 Å². The first kappa shape index (κ1) is 23.7. The van der Waals surface area contributed by atoms with Crippen LogP contribution in [0.15, 0.2) is 33.8 Å². The highest BCUT2D eigenvalue weighted by molar-refractivity contribution is 7.07. The molecular weight excluding hydrogens is 456 g/mol. The van der Waals surface area contributed by atoms with E-state index in [1.807, 2.05) is 22.9 Å². The Morgan fingerprint density at radius 2 is 2.03 bits per heavy atom. The molecule has 0 fully saturated rings. The van der Waals surface area contributed by atoms with Gasteiger partial charge >= 0.3 is 5.97 Å². The number of methoxy groups -OCH3 is 1. The predicted octanol–water partition coefficient (Wildman–Crippen LogP) is 2.66. The standard InChI is InChI=1S/C24H28N4O5S/c1-4-5-17-12-19(26(2)25-17)23(30)27-8-6-18-22(24(31)32-3)20(13-21(29)28(18)10-9-27)33-14-16-7-11-34-15-16/h7,11-13,15H,4-6,8-10,14H2,1-3H3. The number of rotatable bonds is 7. The Morgan fingerprint density at radius 3 is 2.74 bits per heavy atom. The minimum absolute atomic E-state index is 0.147. The maximum atomic E-state index is 13.3. The number of fused-ring (bicyclic) bond motifs is 1. The zero-order valence-electron chi connectivity index (χ0n) is 19.6. The normalized spacial score (nSPS) is 13.3. The van der Waals surface area contributed by atoms with Gasteiger partial charge in [0, 0.05) is 44.9 Å². The Labute approximate surface area is 201 Å². The molecule has 0 unspecified atom stereocenters. The summed E-state index contributed by atoms with van der Waals surface area (Å²) < 4.78 is 14.0. The van der Waals surface area contributed by atoms with Crippen molar-refractivity contribution in [3.05, 3.63) is 67.5 Å². The largest absolute Gasteiger partial charge is 0.488 e. The fourth-order valence-electron chi connectivity index (χ4n) is 4.19. The highest BCUT2D eigenvalue weighted by Crippen LogP contribution is 2.25. The van der Waals surface area contributed by atoms with Crippen LogP contribution in [0, 0.1) is 0 Å². The highest BCUT2D eigenvalue weighted by Gasteiger charge is 2.28. The molecular formula is C24H28N4O5S. The molecule has 9 nitrogen and oxygen atoms in total. The fourth-order valence-corrected chi connectivity index (χ4v) is 4.84. The van der Waals surface area contributed by atoms with Crippen LogP contribution >= 0.6 is 11.3 Å². The van der Waals surface area contributed by atoms with Crippen LogP contribution in [0.2, 0.25) is 0 Å². The molecule has 1 amide bonds. The van der Waals surface area contributed by atoms with Crippen molar-refractivity contribution in [2.24, 2.45) is 7.05 Å². The van der Waals surface area contributed by atoms with E-state index >= 15 is 0 Å². The number of aromatic nitrogens is 3. The van der Waals surface area contributed by atoms with E-state index in [4.69, 9.17) is 9.47 Å². The van der Waals surface area contributed by atoms with Gasteiger partial charge in [-0.1, -0.05) is 13.3 Å². The first-order chi connectivity index (χ1) is 16.4. The number of amides is 1. The van der Waals surface area contributed by atoms with Crippen LogP contribution in [0.3, 0.4) is 0 Å². The second-order valence-electron chi connectivity index (χ2n) is 8.17. The zero-order chi connectivity index (χ0) is 24.2. The van der Waals surface area contributed by atoms with Crippen molar-refractivity contribution in [1.82, 2.24) is 19.2 Å². The summed E-state index contributed by atoms with van der Waals surface area (Å²) in [6.07, 6.45) is 2.07. The lowest BCUT2D eigenvalue weighted by Crippen LogP contribution is -2.35. The molecule has 4 rings (SSSR count). The minimum atomic E-state index is -0.570. The summed E-state index contributed by atoms with van der Waals surface area (Å²) in [4.78, 5) is 40.6. The summed E-state index contributed by atoms with van der Waals surface area (Å²) >= 11 is 1.54. The molecule has 0 saturated carbocycles. The summed E-state index contributed by atoms with van der Waals surface area (Å²) in [7, 11) is 3.06. The molecule has 180 valence electrons. The lowest BCUT2D eigenvalue weighted by molar-refractivity contribution is 0.0592. The van der Waals surface area contributed by atoms with Gasteiger partial charge in [-0.25, -0.2) is 4.79 Å². The molecule has 1 aliphatic heterocycles. The summed E-state index contributed by atoms with van der Waals surface area (Å²) in [5.74, 6) is -0.517. The molecule has 34 heavy (non-hydrogen) atoms. The predicted molar refractivity (Wildman–Crippen MR) is 128 cm³/mol. The van der Waals surface area contributed by atoms with Crippen molar-refractivity contribution in [2.75, 3.05) is 20.2 Å². The average molecular weight is 485 g/mol. The van der Waals surface area contributed by atoms with Gasteiger partial charge in [0.15, 0.2) is 0 Å².